The van der Waals surface area contributed by atoms with E-state index in [1.54, 1.807) is 0 Å². The standard InChI is InChI=1S/C26H34N6.HI/c1-2-27-26(29-19-25-28-15-18-32(25)21-23-11-7-4-8-12-23)30-24-13-16-31(17-14-24)20-22-9-5-3-6-10-22;/h3-12,15,18,24H,2,13-14,16-17,19-21H2,1H3,(H2,27,29,30);1H. The Labute approximate surface area is 214 Å². The monoisotopic (exact) mass is 558 g/mol. The number of nitrogens with zero attached hydrogens (tertiary/aromatic N) is 4. The van der Waals surface area contributed by atoms with Gasteiger partial charge in [0.1, 0.15) is 12.4 Å². The minimum Gasteiger partial charge on any atom is -0.357 e. The summed E-state index contributed by atoms with van der Waals surface area (Å²) in [6.07, 6.45) is 6.14. The Kier molecular flexibility index (Phi) is 10.2. The number of aromatic nitrogens is 2. The number of benzene rings is 2. The summed E-state index contributed by atoms with van der Waals surface area (Å²) < 4.78 is 2.17. The van der Waals surface area contributed by atoms with Gasteiger partial charge in [0, 0.05) is 51.2 Å². The normalized spacial score (nSPS) is 15.1. The summed E-state index contributed by atoms with van der Waals surface area (Å²) in [6.45, 7) is 7.57. The maximum absolute atomic E-state index is 4.84. The third kappa shape index (κ3) is 7.85. The highest BCUT2D eigenvalue weighted by Gasteiger charge is 2.20. The van der Waals surface area contributed by atoms with E-state index in [-0.39, 0.29) is 24.0 Å². The van der Waals surface area contributed by atoms with Crippen molar-refractivity contribution in [2.75, 3.05) is 19.6 Å². The second kappa shape index (κ2) is 13.3. The highest BCUT2D eigenvalue weighted by atomic mass is 127. The molecule has 7 heteroatoms. The maximum Gasteiger partial charge on any atom is 0.191 e. The highest BCUT2D eigenvalue weighted by molar-refractivity contribution is 14.0. The molecule has 4 rings (SSSR count). The van der Waals surface area contributed by atoms with Crippen LogP contribution in [-0.4, -0.2) is 46.1 Å². The predicted octanol–water partition coefficient (Wildman–Crippen LogP) is 4.27. The van der Waals surface area contributed by atoms with Gasteiger partial charge in [0.05, 0.1) is 0 Å². The Morgan fingerprint density at radius 3 is 2.24 bits per heavy atom. The van der Waals surface area contributed by atoms with E-state index >= 15 is 0 Å². The molecule has 0 radical (unpaired) electrons. The molecular formula is C26H35IN6. The average molecular weight is 559 g/mol. The number of guanidine groups is 1. The smallest absolute Gasteiger partial charge is 0.191 e. The summed E-state index contributed by atoms with van der Waals surface area (Å²) >= 11 is 0. The van der Waals surface area contributed by atoms with Gasteiger partial charge in [-0.3, -0.25) is 4.90 Å². The van der Waals surface area contributed by atoms with Crippen LogP contribution in [0.15, 0.2) is 78.0 Å². The van der Waals surface area contributed by atoms with E-state index in [9.17, 15) is 0 Å². The van der Waals surface area contributed by atoms with Crippen molar-refractivity contribution in [2.24, 2.45) is 4.99 Å². The first-order valence-corrected chi connectivity index (χ1v) is 11.6. The average Bonchev–Trinajstić information content (AvgIpc) is 3.27. The Balaban J connectivity index is 0.00000306. The summed E-state index contributed by atoms with van der Waals surface area (Å²) in [6, 6.07) is 21.7. The molecule has 0 amide bonds. The second-order valence-electron chi connectivity index (χ2n) is 8.33. The van der Waals surface area contributed by atoms with Crippen LogP contribution in [0.4, 0.5) is 0 Å². The summed E-state index contributed by atoms with van der Waals surface area (Å²) in [5.74, 6) is 1.85. The molecule has 1 aliphatic heterocycles. The largest absolute Gasteiger partial charge is 0.357 e. The number of hydrogen-bond acceptors (Lipinski definition) is 3. The second-order valence-corrected chi connectivity index (χ2v) is 8.33. The first-order valence-electron chi connectivity index (χ1n) is 11.6. The van der Waals surface area contributed by atoms with Gasteiger partial charge in [-0.05, 0) is 30.9 Å². The summed E-state index contributed by atoms with van der Waals surface area (Å²) in [5, 5.41) is 7.05. The van der Waals surface area contributed by atoms with Crippen LogP contribution < -0.4 is 10.6 Å². The molecule has 0 unspecified atom stereocenters. The van der Waals surface area contributed by atoms with Gasteiger partial charge in [0.25, 0.3) is 0 Å². The molecule has 1 aromatic heterocycles. The Bertz CT molecular complexity index is 965. The fraction of sp³-hybridized carbons (Fsp3) is 0.385. The van der Waals surface area contributed by atoms with Gasteiger partial charge in [-0.25, -0.2) is 9.98 Å². The predicted molar refractivity (Wildman–Crippen MR) is 146 cm³/mol. The fourth-order valence-electron chi connectivity index (χ4n) is 4.16. The van der Waals surface area contributed by atoms with Crippen LogP contribution >= 0.6 is 24.0 Å². The van der Waals surface area contributed by atoms with Crippen molar-refractivity contribution in [3.8, 4) is 0 Å². The maximum atomic E-state index is 4.84. The molecule has 2 N–H and O–H groups in total. The molecule has 6 nitrogen and oxygen atoms in total. The highest BCUT2D eigenvalue weighted by Crippen LogP contribution is 2.14. The number of piperidine rings is 1. The number of nitrogens with one attached hydrogen (secondary N) is 2. The van der Waals surface area contributed by atoms with E-state index in [0.29, 0.717) is 12.6 Å². The lowest BCUT2D eigenvalue weighted by atomic mass is 10.0. The van der Waals surface area contributed by atoms with E-state index in [1.807, 2.05) is 18.5 Å². The van der Waals surface area contributed by atoms with Crippen LogP contribution in [0, 0.1) is 0 Å². The topological polar surface area (TPSA) is 57.5 Å². The molecular weight excluding hydrogens is 523 g/mol. The quantitative estimate of drug-likeness (QED) is 0.247. The van der Waals surface area contributed by atoms with Gasteiger partial charge in [-0.15, -0.1) is 24.0 Å². The number of halogens is 1. The molecule has 3 aromatic rings. The van der Waals surface area contributed by atoms with Crippen molar-refractivity contribution < 1.29 is 0 Å². The van der Waals surface area contributed by atoms with Crippen LogP contribution in [0.5, 0.6) is 0 Å². The zero-order valence-electron chi connectivity index (χ0n) is 19.4. The molecule has 1 aliphatic rings. The van der Waals surface area contributed by atoms with E-state index < -0.39 is 0 Å². The summed E-state index contributed by atoms with van der Waals surface area (Å²) in [5.41, 5.74) is 2.66. The third-order valence-corrected chi connectivity index (χ3v) is 5.90. The minimum atomic E-state index is 0. The molecule has 0 spiro atoms. The van der Waals surface area contributed by atoms with Crippen molar-refractivity contribution in [3.05, 3.63) is 90.0 Å². The van der Waals surface area contributed by atoms with E-state index in [4.69, 9.17) is 4.99 Å². The van der Waals surface area contributed by atoms with E-state index in [1.165, 1.54) is 11.1 Å². The molecule has 2 heterocycles. The molecule has 1 fully saturated rings. The lowest BCUT2D eigenvalue weighted by molar-refractivity contribution is 0.198. The van der Waals surface area contributed by atoms with Crippen LogP contribution in [0.2, 0.25) is 0 Å². The molecule has 0 saturated carbocycles. The lowest BCUT2D eigenvalue weighted by Crippen LogP contribution is -2.48. The zero-order valence-corrected chi connectivity index (χ0v) is 21.7. The molecule has 176 valence electrons. The van der Waals surface area contributed by atoms with Gasteiger partial charge in [-0.2, -0.15) is 0 Å². The van der Waals surface area contributed by atoms with Gasteiger partial charge < -0.3 is 15.2 Å². The van der Waals surface area contributed by atoms with Crippen molar-refractivity contribution in [1.29, 1.82) is 0 Å². The number of rotatable bonds is 8. The number of aliphatic imine (C=N–C) groups is 1. The van der Waals surface area contributed by atoms with Crippen molar-refractivity contribution >= 4 is 29.9 Å². The molecule has 0 atom stereocenters. The molecule has 2 aromatic carbocycles. The van der Waals surface area contributed by atoms with Crippen LogP contribution in [0.3, 0.4) is 0 Å². The Morgan fingerprint density at radius 2 is 1.61 bits per heavy atom. The van der Waals surface area contributed by atoms with Crippen LogP contribution in [0.25, 0.3) is 0 Å². The molecule has 1 saturated heterocycles. The van der Waals surface area contributed by atoms with E-state index in [2.05, 4.69) is 86.6 Å². The number of likely N-dealkylation sites (tertiary alicyclic amines) is 1. The van der Waals surface area contributed by atoms with Crippen LogP contribution in [-0.2, 0) is 19.6 Å². The Morgan fingerprint density at radius 1 is 0.970 bits per heavy atom. The van der Waals surface area contributed by atoms with Gasteiger partial charge in [0.15, 0.2) is 5.96 Å². The van der Waals surface area contributed by atoms with Crippen molar-refractivity contribution in [2.45, 2.75) is 45.4 Å². The molecule has 0 bridgehead atoms. The third-order valence-electron chi connectivity index (χ3n) is 5.90. The minimum absolute atomic E-state index is 0. The zero-order chi connectivity index (χ0) is 22.0. The molecule has 0 aliphatic carbocycles. The lowest BCUT2D eigenvalue weighted by Gasteiger charge is -2.33. The van der Waals surface area contributed by atoms with Crippen molar-refractivity contribution in [1.82, 2.24) is 25.1 Å². The SMILES string of the molecule is CCNC(=NCc1nccn1Cc1ccccc1)NC1CCN(Cc2ccccc2)CC1.I. The van der Waals surface area contributed by atoms with Gasteiger partial charge >= 0.3 is 0 Å². The van der Waals surface area contributed by atoms with Gasteiger partial charge in [0.2, 0.25) is 0 Å². The first-order chi connectivity index (χ1) is 15.8. The van der Waals surface area contributed by atoms with E-state index in [0.717, 1.165) is 57.3 Å². The number of hydrogen-bond donors (Lipinski definition) is 2. The van der Waals surface area contributed by atoms with Crippen molar-refractivity contribution in [3.63, 3.8) is 0 Å². The summed E-state index contributed by atoms with van der Waals surface area (Å²) in [4.78, 5) is 11.9. The summed E-state index contributed by atoms with van der Waals surface area (Å²) in [7, 11) is 0. The van der Waals surface area contributed by atoms with Crippen LogP contribution in [0.1, 0.15) is 36.7 Å². The fourth-order valence-corrected chi connectivity index (χ4v) is 4.16. The Hall–Kier alpha value is -2.39. The van der Waals surface area contributed by atoms with Gasteiger partial charge in [-0.1, -0.05) is 60.7 Å². The number of imidazole rings is 1. The first kappa shape index (κ1) is 25.2. The molecule has 33 heavy (non-hydrogen) atoms.